The Hall–Kier alpha value is -3.81. The van der Waals surface area contributed by atoms with E-state index in [-0.39, 0.29) is 27.8 Å². The van der Waals surface area contributed by atoms with Gasteiger partial charge in [0.05, 0.1) is 34.5 Å². The standard InChI is InChI=1S/C24H22ClFN8O/c1-24(2)12-33(4-3-19(24)35)22-8-21(29-13-30-22)32-20-7-18-15(10-28-20)11-31-34(18)23-16(25)5-14(9-27)6-17(23)26/h5-8,10-11,13,19,35H,3-4,12H2,1-2H3,(H,28,29,30,32). The van der Waals surface area contributed by atoms with Crippen LogP contribution in [0.15, 0.2) is 43.0 Å². The number of piperidine rings is 1. The number of aliphatic hydroxyl groups excluding tert-OH is 1. The zero-order valence-electron chi connectivity index (χ0n) is 19.1. The lowest BCUT2D eigenvalue weighted by atomic mass is 9.81. The van der Waals surface area contributed by atoms with Crippen LogP contribution in [-0.4, -0.2) is 49.0 Å². The number of anilines is 3. The van der Waals surface area contributed by atoms with Gasteiger partial charge in [0, 0.05) is 42.2 Å². The monoisotopic (exact) mass is 492 g/mol. The lowest BCUT2D eigenvalue weighted by Gasteiger charge is -2.42. The summed E-state index contributed by atoms with van der Waals surface area (Å²) in [5.74, 6) is 1.11. The maximum Gasteiger partial charge on any atom is 0.151 e. The van der Waals surface area contributed by atoms with Crippen LogP contribution in [0.1, 0.15) is 25.8 Å². The average molecular weight is 493 g/mol. The first-order valence-electron chi connectivity index (χ1n) is 11.0. The van der Waals surface area contributed by atoms with Gasteiger partial charge < -0.3 is 15.3 Å². The van der Waals surface area contributed by atoms with Crippen molar-refractivity contribution < 1.29 is 9.50 Å². The van der Waals surface area contributed by atoms with Crippen molar-refractivity contribution in [2.45, 2.75) is 26.4 Å². The van der Waals surface area contributed by atoms with Crippen molar-refractivity contribution in [1.29, 1.82) is 5.26 Å². The van der Waals surface area contributed by atoms with Gasteiger partial charge in [0.25, 0.3) is 0 Å². The highest BCUT2D eigenvalue weighted by molar-refractivity contribution is 6.32. The van der Waals surface area contributed by atoms with Gasteiger partial charge >= 0.3 is 0 Å². The number of hydrogen-bond acceptors (Lipinski definition) is 8. The van der Waals surface area contributed by atoms with Crippen molar-refractivity contribution in [2.24, 2.45) is 5.41 Å². The van der Waals surface area contributed by atoms with Crippen LogP contribution < -0.4 is 10.2 Å². The Morgan fingerprint density at radius 3 is 2.71 bits per heavy atom. The molecule has 1 aromatic carbocycles. The van der Waals surface area contributed by atoms with Gasteiger partial charge in [-0.15, -0.1) is 0 Å². The minimum Gasteiger partial charge on any atom is -0.392 e. The average Bonchev–Trinajstić information content (AvgIpc) is 3.23. The number of rotatable bonds is 4. The quantitative estimate of drug-likeness (QED) is 0.435. The minimum atomic E-state index is -0.652. The number of fused-ring (bicyclic) bond motifs is 1. The molecule has 1 aliphatic heterocycles. The fourth-order valence-electron chi connectivity index (χ4n) is 4.26. The predicted molar refractivity (Wildman–Crippen MR) is 130 cm³/mol. The fraction of sp³-hybridized carbons (Fsp3) is 0.292. The van der Waals surface area contributed by atoms with Crippen molar-refractivity contribution in [1.82, 2.24) is 24.7 Å². The first-order valence-corrected chi connectivity index (χ1v) is 11.4. The molecule has 1 saturated heterocycles. The molecule has 0 saturated carbocycles. The largest absolute Gasteiger partial charge is 0.392 e. The second-order valence-corrected chi connectivity index (χ2v) is 9.59. The van der Waals surface area contributed by atoms with E-state index in [2.05, 4.69) is 30.3 Å². The molecule has 0 radical (unpaired) electrons. The van der Waals surface area contributed by atoms with Crippen molar-refractivity contribution >= 4 is 40.0 Å². The van der Waals surface area contributed by atoms with Crippen LogP contribution in [-0.2, 0) is 0 Å². The zero-order chi connectivity index (χ0) is 24.7. The second-order valence-electron chi connectivity index (χ2n) is 9.19. The molecule has 9 nitrogen and oxygen atoms in total. The van der Waals surface area contributed by atoms with E-state index in [1.807, 2.05) is 26.0 Å². The Balaban J connectivity index is 1.45. The Bertz CT molecular complexity index is 1440. The van der Waals surface area contributed by atoms with Crippen molar-refractivity contribution in [3.63, 3.8) is 0 Å². The van der Waals surface area contributed by atoms with E-state index in [9.17, 15) is 9.50 Å². The maximum atomic E-state index is 14.8. The summed E-state index contributed by atoms with van der Waals surface area (Å²) in [6, 6.07) is 7.96. The molecule has 11 heteroatoms. The molecule has 4 aromatic rings. The molecule has 1 unspecified atom stereocenters. The van der Waals surface area contributed by atoms with E-state index in [0.29, 0.717) is 42.0 Å². The third kappa shape index (κ3) is 4.36. The maximum absolute atomic E-state index is 14.8. The second kappa shape index (κ2) is 8.76. The van der Waals surface area contributed by atoms with Crippen molar-refractivity contribution in [3.8, 4) is 11.8 Å². The minimum absolute atomic E-state index is 0.0528. The van der Waals surface area contributed by atoms with E-state index in [0.717, 1.165) is 11.9 Å². The van der Waals surface area contributed by atoms with Crippen LogP contribution >= 0.6 is 11.6 Å². The summed E-state index contributed by atoms with van der Waals surface area (Å²) in [6.07, 6.45) is 4.97. The van der Waals surface area contributed by atoms with Gasteiger partial charge in [-0.1, -0.05) is 25.4 Å². The lowest BCUT2D eigenvalue weighted by molar-refractivity contribution is 0.0334. The summed E-state index contributed by atoms with van der Waals surface area (Å²) in [5, 5.41) is 27.5. The van der Waals surface area contributed by atoms with Crippen LogP contribution in [0.5, 0.6) is 0 Å². The summed E-state index contributed by atoms with van der Waals surface area (Å²) in [4.78, 5) is 15.2. The van der Waals surface area contributed by atoms with Gasteiger partial charge in [-0.25, -0.2) is 24.0 Å². The SMILES string of the molecule is CC1(C)CN(c2cc(Nc3cc4c(cn3)cnn4-c3c(F)cc(C#N)cc3Cl)ncn2)CCC1O. The summed E-state index contributed by atoms with van der Waals surface area (Å²) < 4.78 is 16.2. The van der Waals surface area contributed by atoms with E-state index < -0.39 is 5.82 Å². The molecule has 1 aliphatic rings. The number of nitriles is 1. The summed E-state index contributed by atoms with van der Waals surface area (Å²) >= 11 is 6.27. The summed E-state index contributed by atoms with van der Waals surface area (Å²) in [5.41, 5.74) is 0.512. The van der Waals surface area contributed by atoms with Crippen LogP contribution in [0.3, 0.4) is 0 Å². The molecule has 3 aromatic heterocycles. The highest BCUT2D eigenvalue weighted by Gasteiger charge is 2.35. The van der Waals surface area contributed by atoms with Crippen LogP contribution in [0.2, 0.25) is 5.02 Å². The van der Waals surface area contributed by atoms with Crippen molar-refractivity contribution in [2.75, 3.05) is 23.3 Å². The normalized spacial score (nSPS) is 17.4. The Morgan fingerprint density at radius 1 is 1.17 bits per heavy atom. The Kier molecular flexibility index (Phi) is 5.75. The number of pyridine rings is 1. The number of benzene rings is 1. The summed E-state index contributed by atoms with van der Waals surface area (Å²) in [6.45, 7) is 5.44. The molecule has 35 heavy (non-hydrogen) atoms. The number of halogens is 2. The van der Waals surface area contributed by atoms with Gasteiger partial charge in [-0.3, -0.25) is 0 Å². The Labute approximate surface area is 205 Å². The number of nitrogens with zero attached hydrogens (tertiary/aromatic N) is 7. The molecule has 0 amide bonds. The molecular formula is C24H22ClFN8O. The highest BCUT2D eigenvalue weighted by Crippen LogP contribution is 2.32. The lowest BCUT2D eigenvalue weighted by Crippen LogP contribution is -2.49. The molecule has 178 valence electrons. The van der Waals surface area contributed by atoms with Gasteiger partial charge in [0.1, 0.15) is 29.5 Å². The van der Waals surface area contributed by atoms with Crippen LogP contribution in [0.4, 0.5) is 21.8 Å². The first-order chi connectivity index (χ1) is 16.7. The van der Waals surface area contributed by atoms with E-state index in [4.69, 9.17) is 16.9 Å². The number of hydrogen-bond donors (Lipinski definition) is 2. The van der Waals surface area contributed by atoms with Crippen molar-refractivity contribution in [3.05, 3.63) is 59.4 Å². The molecule has 0 spiro atoms. The van der Waals surface area contributed by atoms with E-state index in [1.165, 1.54) is 17.1 Å². The molecule has 0 bridgehead atoms. The fourth-order valence-corrected chi connectivity index (χ4v) is 4.55. The van der Waals surface area contributed by atoms with E-state index >= 15 is 0 Å². The first kappa shape index (κ1) is 23.0. The van der Waals surface area contributed by atoms with Crippen LogP contribution in [0.25, 0.3) is 16.6 Å². The topological polar surface area (TPSA) is 116 Å². The molecular weight excluding hydrogens is 471 g/mol. The van der Waals surface area contributed by atoms with Gasteiger partial charge in [-0.2, -0.15) is 10.4 Å². The number of aromatic nitrogens is 5. The third-order valence-corrected chi connectivity index (χ3v) is 6.50. The van der Waals surface area contributed by atoms with Gasteiger partial charge in [0.2, 0.25) is 0 Å². The van der Waals surface area contributed by atoms with E-state index in [1.54, 1.807) is 18.5 Å². The summed E-state index contributed by atoms with van der Waals surface area (Å²) in [7, 11) is 0. The highest BCUT2D eigenvalue weighted by atomic mass is 35.5. The number of aliphatic hydroxyl groups is 1. The third-order valence-electron chi connectivity index (χ3n) is 6.22. The molecule has 5 rings (SSSR count). The number of nitrogens with one attached hydrogen (secondary N) is 1. The zero-order valence-corrected chi connectivity index (χ0v) is 19.8. The smallest absolute Gasteiger partial charge is 0.151 e. The van der Waals surface area contributed by atoms with Crippen LogP contribution in [0, 0.1) is 22.6 Å². The predicted octanol–water partition coefficient (Wildman–Crippen LogP) is 4.22. The molecule has 4 heterocycles. The Morgan fingerprint density at radius 2 is 1.97 bits per heavy atom. The van der Waals surface area contributed by atoms with Gasteiger partial charge in [-0.05, 0) is 18.6 Å². The molecule has 2 N–H and O–H groups in total. The molecule has 1 fully saturated rings. The molecule has 0 aliphatic carbocycles. The molecule has 1 atom stereocenters. The van der Waals surface area contributed by atoms with Gasteiger partial charge in [0.15, 0.2) is 5.82 Å².